The molecule has 3 rings (SSSR count). The summed E-state index contributed by atoms with van der Waals surface area (Å²) < 4.78 is 11.2. The van der Waals surface area contributed by atoms with Gasteiger partial charge in [-0.15, -0.1) is 11.3 Å². The Morgan fingerprint density at radius 1 is 1.27 bits per heavy atom. The molecule has 1 N–H and O–H groups in total. The summed E-state index contributed by atoms with van der Waals surface area (Å²) in [5, 5.41) is 5.08. The first-order valence-corrected chi connectivity index (χ1v) is 8.33. The lowest BCUT2D eigenvalue weighted by Crippen LogP contribution is -2.33. The quantitative estimate of drug-likeness (QED) is 0.941. The minimum atomic E-state index is -0.0836. The zero-order valence-electron chi connectivity index (χ0n) is 12.5. The van der Waals surface area contributed by atoms with Gasteiger partial charge in [0, 0.05) is 29.3 Å². The van der Waals surface area contributed by atoms with Crippen molar-refractivity contribution in [2.45, 2.75) is 25.8 Å². The molecule has 0 bridgehead atoms. The number of rotatable bonds is 4. The fraction of sp³-hybridized carbons (Fsp3) is 0.353. The molecule has 1 aromatic heterocycles. The molecule has 0 saturated carbocycles. The van der Waals surface area contributed by atoms with Crippen molar-refractivity contribution in [2.24, 2.45) is 0 Å². The predicted molar refractivity (Wildman–Crippen MR) is 87.0 cm³/mol. The topological polar surface area (TPSA) is 47.6 Å². The molecule has 22 heavy (non-hydrogen) atoms. The minimum absolute atomic E-state index is 0.0836. The number of hydrogen-bond donors (Lipinski definition) is 1. The predicted octanol–water partition coefficient (Wildman–Crippen LogP) is 3.27. The van der Waals surface area contributed by atoms with Crippen LogP contribution >= 0.6 is 11.3 Å². The van der Waals surface area contributed by atoms with Crippen LogP contribution in [-0.2, 0) is 6.42 Å². The monoisotopic (exact) mass is 317 g/mol. The van der Waals surface area contributed by atoms with Crippen molar-refractivity contribution >= 4 is 17.2 Å². The van der Waals surface area contributed by atoms with Gasteiger partial charge in [0.05, 0.1) is 13.2 Å². The number of amides is 1. The van der Waals surface area contributed by atoms with Gasteiger partial charge >= 0.3 is 0 Å². The van der Waals surface area contributed by atoms with Crippen LogP contribution in [0, 0.1) is 0 Å². The summed E-state index contributed by atoms with van der Waals surface area (Å²) in [6, 6.07) is 9.54. The lowest BCUT2D eigenvalue weighted by molar-refractivity contribution is 0.0939. The van der Waals surface area contributed by atoms with E-state index in [1.165, 1.54) is 4.88 Å². The van der Waals surface area contributed by atoms with Crippen LogP contribution in [0.5, 0.6) is 11.5 Å². The molecule has 1 aliphatic rings. The van der Waals surface area contributed by atoms with E-state index in [0.29, 0.717) is 30.3 Å². The number of hydrogen-bond acceptors (Lipinski definition) is 4. The van der Waals surface area contributed by atoms with Crippen LogP contribution < -0.4 is 14.8 Å². The van der Waals surface area contributed by atoms with Crippen LogP contribution in [0.15, 0.2) is 35.7 Å². The molecule has 1 amide bonds. The Bertz CT molecular complexity index is 639. The van der Waals surface area contributed by atoms with Gasteiger partial charge in [0.15, 0.2) is 11.5 Å². The van der Waals surface area contributed by atoms with Crippen molar-refractivity contribution in [1.82, 2.24) is 5.32 Å². The number of nitrogens with one attached hydrogen (secondary N) is 1. The largest absolute Gasteiger partial charge is 0.490 e. The van der Waals surface area contributed by atoms with E-state index < -0.39 is 0 Å². The molecule has 2 heterocycles. The molecular weight excluding hydrogens is 298 g/mol. The van der Waals surface area contributed by atoms with Gasteiger partial charge in [-0.25, -0.2) is 0 Å². The van der Waals surface area contributed by atoms with Crippen molar-refractivity contribution in [3.63, 3.8) is 0 Å². The van der Waals surface area contributed by atoms with Crippen LogP contribution in [0.2, 0.25) is 0 Å². The molecule has 5 heteroatoms. The Labute approximate surface area is 134 Å². The van der Waals surface area contributed by atoms with Crippen LogP contribution in [0.25, 0.3) is 0 Å². The Balaban J connectivity index is 1.65. The SMILES string of the molecule is C[C@@H](Cc1cccs1)NC(=O)c1ccc2c(c1)OCCCO2. The molecule has 2 aromatic rings. The molecule has 0 unspecified atom stereocenters. The lowest BCUT2D eigenvalue weighted by atomic mass is 10.1. The number of thiophene rings is 1. The Morgan fingerprint density at radius 3 is 2.86 bits per heavy atom. The van der Waals surface area contributed by atoms with E-state index in [0.717, 1.165) is 12.8 Å². The average Bonchev–Trinajstić information content (AvgIpc) is 2.89. The maximum absolute atomic E-state index is 12.4. The summed E-state index contributed by atoms with van der Waals surface area (Å²) in [6.07, 6.45) is 1.70. The first-order valence-electron chi connectivity index (χ1n) is 7.45. The van der Waals surface area contributed by atoms with Gasteiger partial charge in [-0.05, 0) is 36.6 Å². The highest BCUT2D eigenvalue weighted by atomic mass is 32.1. The highest BCUT2D eigenvalue weighted by Crippen LogP contribution is 2.30. The second-order valence-corrected chi connectivity index (χ2v) is 6.40. The number of benzene rings is 1. The van der Waals surface area contributed by atoms with Crippen LogP contribution in [0.3, 0.4) is 0 Å². The smallest absolute Gasteiger partial charge is 0.251 e. The minimum Gasteiger partial charge on any atom is -0.490 e. The van der Waals surface area contributed by atoms with Crippen molar-refractivity contribution in [3.8, 4) is 11.5 Å². The van der Waals surface area contributed by atoms with Gasteiger partial charge in [-0.1, -0.05) is 6.07 Å². The summed E-state index contributed by atoms with van der Waals surface area (Å²) in [5.74, 6) is 1.27. The van der Waals surface area contributed by atoms with E-state index in [1.807, 2.05) is 18.4 Å². The van der Waals surface area contributed by atoms with E-state index in [4.69, 9.17) is 9.47 Å². The van der Waals surface area contributed by atoms with Crippen molar-refractivity contribution in [2.75, 3.05) is 13.2 Å². The van der Waals surface area contributed by atoms with Gasteiger partial charge in [-0.3, -0.25) is 4.79 Å². The molecule has 0 aliphatic carbocycles. The van der Waals surface area contributed by atoms with Crippen molar-refractivity contribution in [3.05, 3.63) is 46.2 Å². The van der Waals surface area contributed by atoms with E-state index in [9.17, 15) is 4.79 Å². The third-order valence-electron chi connectivity index (χ3n) is 3.47. The fourth-order valence-electron chi connectivity index (χ4n) is 2.39. The van der Waals surface area contributed by atoms with E-state index in [2.05, 4.69) is 11.4 Å². The zero-order valence-corrected chi connectivity index (χ0v) is 13.3. The second-order valence-electron chi connectivity index (χ2n) is 5.37. The van der Waals surface area contributed by atoms with Crippen molar-refractivity contribution < 1.29 is 14.3 Å². The summed E-state index contributed by atoms with van der Waals surface area (Å²) in [5.41, 5.74) is 0.599. The van der Waals surface area contributed by atoms with Crippen LogP contribution in [-0.4, -0.2) is 25.2 Å². The number of ether oxygens (including phenoxy) is 2. The van der Waals surface area contributed by atoms with E-state index in [1.54, 1.807) is 29.5 Å². The maximum Gasteiger partial charge on any atom is 0.251 e. The van der Waals surface area contributed by atoms with Crippen LogP contribution in [0.1, 0.15) is 28.6 Å². The Kier molecular flexibility index (Phi) is 4.63. The van der Waals surface area contributed by atoms with Gasteiger partial charge in [-0.2, -0.15) is 0 Å². The molecule has 0 saturated heterocycles. The second kappa shape index (κ2) is 6.83. The normalized spacial score (nSPS) is 15.0. The Morgan fingerprint density at radius 2 is 2.09 bits per heavy atom. The van der Waals surface area contributed by atoms with Gasteiger partial charge in [0.25, 0.3) is 5.91 Å². The third-order valence-corrected chi connectivity index (χ3v) is 4.37. The molecule has 0 spiro atoms. The highest BCUT2D eigenvalue weighted by Gasteiger charge is 2.15. The zero-order chi connectivity index (χ0) is 15.4. The van der Waals surface area contributed by atoms with E-state index in [-0.39, 0.29) is 11.9 Å². The number of carbonyl (C=O) groups excluding carboxylic acids is 1. The van der Waals surface area contributed by atoms with E-state index >= 15 is 0 Å². The van der Waals surface area contributed by atoms with Crippen molar-refractivity contribution in [1.29, 1.82) is 0 Å². The highest BCUT2D eigenvalue weighted by molar-refractivity contribution is 7.09. The van der Waals surface area contributed by atoms with Gasteiger partial charge in [0.1, 0.15) is 0 Å². The lowest BCUT2D eigenvalue weighted by Gasteiger charge is -2.14. The Hall–Kier alpha value is -2.01. The first-order chi connectivity index (χ1) is 10.7. The fourth-order valence-corrected chi connectivity index (χ4v) is 3.23. The summed E-state index contributed by atoms with van der Waals surface area (Å²) in [6.45, 7) is 3.28. The molecule has 4 nitrogen and oxygen atoms in total. The maximum atomic E-state index is 12.4. The third kappa shape index (κ3) is 3.60. The van der Waals surface area contributed by atoms with Crippen LogP contribution in [0.4, 0.5) is 0 Å². The number of carbonyl (C=O) groups is 1. The molecule has 116 valence electrons. The summed E-state index contributed by atoms with van der Waals surface area (Å²) in [4.78, 5) is 13.6. The summed E-state index contributed by atoms with van der Waals surface area (Å²) in [7, 11) is 0. The standard InChI is InChI=1S/C17H19NO3S/c1-12(10-14-4-2-9-22-14)18-17(19)13-5-6-15-16(11-13)21-8-3-7-20-15/h2,4-6,9,11-12H,3,7-8,10H2,1H3,(H,18,19)/t12-/m0/s1. The number of fused-ring (bicyclic) bond motifs is 1. The first kappa shape index (κ1) is 14.9. The molecule has 1 atom stereocenters. The molecule has 0 radical (unpaired) electrons. The molecular formula is C17H19NO3S. The molecule has 1 aromatic carbocycles. The van der Waals surface area contributed by atoms with Gasteiger partial charge in [0.2, 0.25) is 0 Å². The average molecular weight is 317 g/mol. The molecule has 0 fully saturated rings. The molecule has 1 aliphatic heterocycles. The summed E-state index contributed by atoms with van der Waals surface area (Å²) >= 11 is 1.71. The van der Waals surface area contributed by atoms with Gasteiger partial charge < -0.3 is 14.8 Å².